The minimum atomic E-state index is -0.584. The normalized spacial score (nSPS) is 10.8. The number of ether oxygens (including phenoxy) is 3. The molecule has 0 aliphatic carbocycles. The van der Waals surface area contributed by atoms with Gasteiger partial charge in [0.25, 0.3) is 5.91 Å². The lowest BCUT2D eigenvalue weighted by atomic mass is 10.1. The van der Waals surface area contributed by atoms with E-state index in [1.165, 1.54) is 25.3 Å². The molecule has 0 unspecified atom stereocenters. The van der Waals surface area contributed by atoms with E-state index in [1.807, 2.05) is 25.1 Å². The number of amides is 1. The average Bonchev–Trinajstić information content (AvgIpc) is 2.88. The summed E-state index contributed by atoms with van der Waals surface area (Å²) in [6.07, 6.45) is 1.48. The van der Waals surface area contributed by atoms with Crippen LogP contribution < -0.4 is 14.8 Å². The van der Waals surface area contributed by atoms with Crippen LogP contribution in [-0.2, 0) is 16.1 Å². The Kier molecular flexibility index (Phi) is 9.73. The second-order valence-electron chi connectivity index (χ2n) is 7.37. The zero-order valence-electron chi connectivity index (χ0n) is 19.5. The van der Waals surface area contributed by atoms with Gasteiger partial charge in [0, 0.05) is 10.7 Å². The molecule has 0 aliphatic rings. The molecule has 0 radical (unpaired) electrons. The van der Waals surface area contributed by atoms with Crippen LogP contribution in [0.25, 0.3) is 6.08 Å². The maximum absolute atomic E-state index is 12.7. The molecule has 36 heavy (non-hydrogen) atoms. The van der Waals surface area contributed by atoms with Crippen molar-refractivity contribution in [3.63, 3.8) is 0 Å². The lowest BCUT2D eigenvalue weighted by molar-refractivity contribution is -0.112. The summed E-state index contributed by atoms with van der Waals surface area (Å²) in [6.45, 7) is 2.59. The smallest absolute Gasteiger partial charge is 0.337 e. The molecule has 3 aromatic carbocycles. The van der Waals surface area contributed by atoms with E-state index in [1.54, 1.807) is 36.4 Å². The number of rotatable bonds is 9. The highest BCUT2D eigenvalue weighted by Gasteiger charge is 2.15. The summed E-state index contributed by atoms with van der Waals surface area (Å²) in [4.78, 5) is 24.3. The molecule has 9 heteroatoms. The van der Waals surface area contributed by atoms with E-state index in [9.17, 15) is 14.9 Å². The van der Waals surface area contributed by atoms with Crippen LogP contribution in [0.15, 0.2) is 66.2 Å². The van der Waals surface area contributed by atoms with Crippen LogP contribution in [0.1, 0.15) is 28.4 Å². The molecule has 0 spiro atoms. The van der Waals surface area contributed by atoms with E-state index in [0.717, 1.165) is 9.13 Å². The first-order valence-corrected chi connectivity index (χ1v) is 12.2. The highest BCUT2D eigenvalue weighted by molar-refractivity contribution is 14.1. The van der Waals surface area contributed by atoms with Crippen LogP contribution in [0.5, 0.6) is 11.5 Å². The number of halogens is 2. The van der Waals surface area contributed by atoms with Crippen LogP contribution in [-0.4, -0.2) is 25.6 Å². The quantitative estimate of drug-likeness (QED) is 0.132. The second-order valence-corrected chi connectivity index (χ2v) is 8.97. The Labute approximate surface area is 227 Å². The zero-order valence-corrected chi connectivity index (χ0v) is 22.4. The third-order valence-electron chi connectivity index (χ3n) is 4.87. The summed E-state index contributed by atoms with van der Waals surface area (Å²) in [5.74, 6) is 0.00375. The third kappa shape index (κ3) is 7.23. The molecule has 0 saturated carbocycles. The van der Waals surface area contributed by atoms with E-state index in [-0.39, 0.29) is 5.57 Å². The number of methoxy groups -OCH3 is 1. The van der Waals surface area contributed by atoms with Gasteiger partial charge in [-0.15, -0.1) is 0 Å². The van der Waals surface area contributed by atoms with Crippen LogP contribution in [0, 0.1) is 14.9 Å². The number of nitrogens with zero attached hydrogens (tertiary/aromatic N) is 1. The van der Waals surface area contributed by atoms with Crippen molar-refractivity contribution in [3.05, 3.63) is 91.5 Å². The number of nitrogens with one attached hydrogen (secondary N) is 1. The fourth-order valence-electron chi connectivity index (χ4n) is 3.13. The Morgan fingerprint density at radius 1 is 1.08 bits per heavy atom. The van der Waals surface area contributed by atoms with Crippen LogP contribution in [0.4, 0.5) is 5.69 Å². The number of nitriles is 1. The molecule has 0 heterocycles. The minimum absolute atomic E-state index is 0.0971. The van der Waals surface area contributed by atoms with E-state index in [4.69, 9.17) is 21.1 Å². The minimum Gasteiger partial charge on any atom is -0.490 e. The SMILES string of the molecule is CCOc1cc(/C=C(\C#N)C(=O)Nc2ccc(C(=O)OC)cc2)cc(I)c1OCc1ccc(Cl)cc1. The number of hydrogen-bond donors (Lipinski definition) is 1. The van der Waals surface area contributed by atoms with E-state index in [2.05, 4.69) is 32.6 Å². The van der Waals surface area contributed by atoms with Crippen molar-refractivity contribution in [1.29, 1.82) is 5.26 Å². The number of benzene rings is 3. The van der Waals surface area contributed by atoms with E-state index in [0.29, 0.717) is 46.5 Å². The molecule has 1 N–H and O–H groups in total. The molecular weight excluding hydrogens is 595 g/mol. The molecule has 1 amide bonds. The monoisotopic (exact) mass is 616 g/mol. The van der Waals surface area contributed by atoms with Gasteiger partial charge in [0.05, 0.1) is 22.9 Å². The molecule has 7 nitrogen and oxygen atoms in total. The first-order valence-electron chi connectivity index (χ1n) is 10.8. The molecule has 0 atom stereocenters. The number of anilines is 1. The highest BCUT2D eigenvalue weighted by Crippen LogP contribution is 2.35. The molecule has 0 aromatic heterocycles. The first-order chi connectivity index (χ1) is 17.3. The summed E-state index contributed by atoms with van der Waals surface area (Å²) in [5, 5.41) is 12.9. The van der Waals surface area contributed by atoms with Crippen molar-refractivity contribution in [2.24, 2.45) is 0 Å². The maximum Gasteiger partial charge on any atom is 0.337 e. The Morgan fingerprint density at radius 2 is 1.78 bits per heavy atom. The van der Waals surface area contributed by atoms with Crippen molar-refractivity contribution in [2.75, 3.05) is 19.0 Å². The van der Waals surface area contributed by atoms with Crippen LogP contribution in [0.3, 0.4) is 0 Å². The van der Waals surface area contributed by atoms with Crippen molar-refractivity contribution in [2.45, 2.75) is 13.5 Å². The van der Waals surface area contributed by atoms with Crippen LogP contribution >= 0.6 is 34.2 Å². The summed E-state index contributed by atoms with van der Waals surface area (Å²) < 4.78 is 17.2. The molecule has 0 aliphatic heterocycles. The van der Waals surface area contributed by atoms with Crippen LogP contribution in [0.2, 0.25) is 5.02 Å². The van der Waals surface area contributed by atoms with Crippen molar-refractivity contribution < 1.29 is 23.8 Å². The second kappa shape index (κ2) is 13.0. The standard InChI is InChI=1S/C27H22ClIN2O5/c1-3-35-24-14-18(13-23(29)25(24)36-16-17-4-8-21(28)9-5-17)12-20(15-30)26(32)31-22-10-6-19(7-11-22)27(33)34-2/h4-14H,3,16H2,1-2H3,(H,31,32)/b20-12+. The van der Waals surface area contributed by atoms with Gasteiger partial charge in [-0.2, -0.15) is 5.26 Å². The summed E-state index contributed by atoms with van der Waals surface area (Å²) in [5.41, 5.74) is 2.24. The van der Waals surface area contributed by atoms with Gasteiger partial charge in [-0.25, -0.2) is 4.79 Å². The number of esters is 1. The van der Waals surface area contributed by atoms with Gasteiger partial charge >= 0.3 is 5.97 Å². The lowest BCUT2D eigenvalue weighted by Gasteiger charge is -2.15. The summed E-state index contributed by atoms with van der Waals surface area (Å²) >= 11 is 8.08. The molecule has 0 bridgehead atoms. The van der Waals surface area contributed by atoms with Crippen molar-refractivity contribution >= 4 is 57.8 Å². The predicted molar refractivity (Wildman–Crippen MR) is 146 cm³/mol. The Hall–Kier alpha value is -3.55. The largest absolute Gasteiger partial charge is 0.490 e. The van der Waals surface area contributed by atoms with Gasteiger partial charge in [0.2, 0.25) is 0 Å². The first kappa shape index (κ1) is 27.0. The lowest BCUT2D eigenvalue weighted by Crippen LogP contribution is -2.13. The van der Waals surface area contributed by atoms with E-state index < -0.39 is 11.9 Å². The Bertz CT molecular complexity index is 1320. The Morgan fingerprint density at radius 3 is 2.39 bits per heavy atom. The highest BCUT2D eigenvalue weighted by atomic mass is 127. The van der Waals surface area contributed by atoms with Gasteiger partial charge in [0.15, 0.2) is 11.5 Å². The molecule has 3 aromatic rings. The van der Waals surface area contributed by atoms with E-state index >= 15 is 0 Å². The van der Waals surface area contributed by atoms with Crippen molar-refractivity contribution in [1.82, 2.24) is 0 Å². The predicted octanol–water partition coefficient (Wildman–Crippen LogP) is 6.25. The number of carbonyl (C=O) groups is 2. The molecule has 0 saturated heterocycles. The number of carbonyl (C=O) groups excluding carboxylic acids is 2. The van der Waals surface area contributed by atoms with Crippen molar-refractivity contribution in [3.8, 4) is 17.6 Å². The van der Waals surface area contributed by atoms with Gasteiger partial charge < -0.3 is 19.5 Å². The fourth-order valence-corrected chi connectivity index (χ4v) is 4.04. The van der Waals surface area contributed by atoms with Gasteiger partial charge in [-0.05, 0) is 95.2 Å². The van der Waals surface area contributed by atoms with Gasteiger partial charge in [-0.3, -0.25) is 4.79 Å². The summed E-state index contributed by atoms with van der Waals surface area (Å²) in [6, 6.07) is 19.0. The maximum atomic E-state index is 12.7. The fraction of sp³-hybridized carbons (Fsp3) is 0.148. The average molecular weight is 617 g/mol. The number of hydrogen-bond acceptors (Lipinski definition) is 6. The molecule has 184 valence electrons. The topological polar surface area (TPSA) is 97.7 Å². The molecular formula is C27H22ClIN2O5. The van der Waals surface area contributed by atoms with Gasteiger partial charge in [0.1, 0.15) is 18.2 Å². The summed E-state index contributed by atoms with van der Waals surface area (Å²) in [7, 11) is 1.29. The molecule has 0 fully saturated rings. The zero-order chi connectivity index (χ0) is 26.1. The van der Waals surface area contributed by atoms with Gasteiger partial charge in [-0.1, -0.05) is 23.7 Å². The Balaban J connectivity index is 1.80. The molecule has 3 rings (SSSR count). The third-order valence-corrected chi connectivity index (χ3v) is 5.92.